The highest BCUT2D eigenvalue weighted by atomic mass is 16.2. The summed E-state index contributed by atoms with van der Waals surface area (Å²) in [4.78, 5) is 28.8. The summed E-state index contributed by atoms with van der Waals surface area (Å²) < 4.78 is 0. The zero-order chi connectivity index (χ0) is 18.6. The van der Waals surface area contributed by atoms with E-state index in [0.29, 0.717) is 30.4 Å². The monoisotopic (exact) mass is 364 g/mol. The topological polar surface area (TPSA) is 64.7 Å². The van der Waals surface area contributed by atoms with E-state index in [9.17, 15) is 9.59 Å². The van der Waals surface area contributed by atoms with Crippen LogP contribution in [-0.4, -0.2) is 49.1 Å². The van der Waals surface area contributed by atoms with Crippen molar-refractivity contribution in [2.45, 2.75) is 18.9 Å². The normalized spacial score (nSPS) is 16.7. The van der Waals surface area contributed by atoms with E-state index in [1.165, 1.54) is 5.69 Å². The van der Waals surface area contributed by atoms with Gasteiger partial charge < -0.3 is 20.4 Å². The molecule has 4 rings (SSSR count). The van der Waals surface area contributed by atoms with Gasteiger partial charge >= 0.3 is 6.03 Å². The molecule has 1 saturated heterocycles. The Hall–Kier alpha value is -3.02. The first-order chi connectivity index (χ1) is 13.2. The van der Waals surface area contributed by atoms with Gasteiger partial charge in [-0.1, -0.05) is 24.3 Å². The number of hydrogen-bond acceptors (Lipinski definition) is 3. The minimum absolute atomic E-state index is 0.0786. The van der Waals surface area contributed by atoms with E-state index in [2.05, 4.69) is 27.7 Å². The second-order valence-electron chi connectivity index (χ2n) is 7.07. The summed E-state index contributed by atoms with van der Waals surface area (Å²) >= 11 is 0. The minimum atomic E-state index is -0.123. The number of carbonyl (C=O) groups excluding carboxylic acids is 2. The Kier molecular flexibility index (Phi) is 4.96. The summed E-state index contributed by atoms with van der Waals surface area (Å²) in [5.41, 5.74) is 2.41. The number of piperazine rings is 1. The molecule has 2 aliphatic rings. The predicted molar refractivity (Wildman–Crippen MR) is 106 cm³/mol. The third-order valence-electron chi connectivity index (χ3n) is 4.98. The molecule has 0 atom stereocenters. The maximum atomic E-state index is 12.6. The molecule has 0 unspecified atom stereocenters. The summed E-state index contributed by atoms with van der Waals surface area (Å²) in [6.07, 6.45) is 2.11. The number of para-hydroxylation sites is 1. The van der Waals surface area contributed by atoms with Crippen molar-refractivity contribution in [3.63, 3.8) is 0 Å². The van der Waals surface area contributed by atoms with Crippen LogP contribution < -0.4 is 15.5 Å². The van der Waals surface area contributed by atoms with E-state index in [0.717, 1.165) is 25.9 Å². The van der Waals surface area contributed by atoms with Crippen molar-refractivity contribution in [1.29, 1.82) is 0 Å². The molecule has 2 aromatic carbocycles. The molecule has 1 aliphatic carbocycles. The molecule has 6 heteroatoms. The fourth-order valence-corrected chi connectivity index (χ4v) is 3.24. The number of nitrogens with one attached hydrogen (secondary N) is 2. The Morgan fingerprint density at radius 1 is 0.889 bits per heavy atom. The molecule has 140 valence electrons. The van der Waals surface area contributed by atoms with Gasteiger partial charge in [0.2, 0.25) is 0 Å². The van der Waals surface area contributed by atoms with Crippen molar-refractivity contribution in [2.75, 3.05) is 36.4 Å². The average Bonchev–Trinajstić information content (AvgIpc) is 3.53. The number of rotatable bonds is 4. The van der Waals surface area contributed by atoms with Gasteiger partial charge in [-0.25, -0.2) is 4.79 Å². The Bertz CT molecular complexity index is 812. The first-order valence-electron chi connectivity index (χ1n) is 9.46. The van der Waals surface area contributed by atoms with Crippen molar-refractivity contribution in [2.24, 2.45) is 0 Å². The molecule has 3 amide bonds. The Labute approximate surface area is 159 Å². The molecule has 2 N–H and O–H groups in total. The standard InChI is InChI=1S/C21H24N4O2/c26-20(22-17-9-10-17)16-5-4-6-18(15-16)23-21(27)25-13-11-24(12-14-25)19-7-2-1-3-8-19/h1-8,15,17H,9-14H2,(H,22,26)(H,23,27). The Morgan fingerprint density at radius 2 is 1.63 bits per heavy atom. The smallest absolute Gasteiger partial charge is 0.321 e. The second-order valence-corrected chi connectivity index (χ2v) is 7.07. The second kappa shape index (κ2) is 7.70. The van der Waals surface area contributed by atoms with Gasteiger partial charge in [0.05, 0.1) is 0 Å². The van der Waals surface area contributed by atoms with E-state index < -0.39 is 0 Å². The average molecular weight is 364 g/mol. The maximum absolute atomic E-state index is 12.6. The third-order valence-corrected chi connectivity index (χ3v) is 4.98. The summed E-state index contributed by atoms with van der Waals surface area (Å²) in [5.74, 6) is -0.0786. The van der Waals surface area contributed by atoms with Crippen molar-refractivity contribution < 1.29 is 9.59 Å². The van der Waals surface area contributed by atoms with E-state index in [4.69, 9.17) is 0 Å². The largest absolute Gasteiger partial charge is 0.368 e. The molecule has 0 spiro atoms. The molecule has 1 saturated carbocycles. The fourth-order valence-electron chi connectivity index (χ4n) is 3.24. The highest BCUT2D eigenvalue weighted by Gasteiger charge is 2.24. The van der Waals surface area contributed by atoms with Crippen LogP contribution in [-0.2, 0) is 0 Å². The van der Waals surface area contributed by atoms with Gasteiger partial charge in [0.15, 0.2) is 0 Å². The first kappa shape index (κ1) is 17.4. The molecule has 2 fully saturated rings. The van der Waals surface area contributed by atoms with Crippen LogP contribution in [0, 0.1) is 0 Å². The van der Waals surface area contributed by atoms with Crippen LogP contribution in [0.3, 0.4) is 0 Å². The lowest BCUT2D eigenvalue weighted by atomic mass is 10.2. The van der Waals surface area contributed by atoms with E-state index in [1.807, 2.05) is 29.2 Å². The molecule has 0 aromatic heterocycles. The number of amides is 3. The number of hydrogen-bond donors (Lipinski definition) is 2. The van der Waals surface area contributed by atoms with Crippen LogP contribution in [0.5, 0.6) is 0 Å². The van der Waals surface area contributed by atoms with Crippen molar-refractivity contribution >= 4 is 23.3 Å². The van der Waals surface area contributed by atoms with Crippen LogP contribution in [0.1, 0.15) is 23.2 Å². The number of urea groups is 1. The van der Waals surface area contributed by atoms with Gasteiger partial charge in [-0.3, -0.25) is 4.79 Å². The SMILES string of the molecule is O=C(NC1CC1)c1cccc(NC(=O)N2CCN(c3ccccc3)CC2)c1. The lowest BCUT2D eigenvalue weighted by molar-refractivity contribution is 0.0951. The molecule has 1 aliphatic heterocycles. The lowest BCUT2D eigenvalue weighted by Crippen LogP contribution is -2.50. The maximum Gasteiger partial charge on any atom is 0.321 e. The molecule has 2 aromatic rings. The van der Waals surface area contributed by atoms with Gasteiger partial charge in [-0.05, 0) is 43.2 Å². The number of anilines is 2. The van der Waals surface area contributed by atoms with Crippen LogP contribution in [0.2, 0.25) is 0 Å². The van der Waals surface area contributed by atoms with Gasteiger partial charge in [0.1, 0.15) is 0 Å². The van der Waals surface area contributed by atoms with E-state index in [-0.39, 0.29) is 11.9 Å². The predicted octanol–water partition coefficient (Wildman–Crippen LogP) is 2.93. The summed E-state index contributed by atoms with van der Waals surface area (Å²) in [6, 6.07) is 17.5. The quantitative estimate of drug-likeness (QED) is 0.877. The summed E-state index contributed by atoms with van der Waals surface area (Å²) in [6.45, 7) is 2.95. The molecule has 0 bridgehead atoms. The Morgan fingerprint density at radius 3 is 2.33 bits per heavy atom. The van der Waals surface area contributed by atoms with Crippen molar-refractivity contribution in [3.05, 3.63) is 60.2 Å². The fraction of sp³-hybridized carbons (Fsp3) is 0.333. The van der Waals surface area contributed by atoms with E-state index >= 15 is 0 Å². The third kappa shape index (κ3) is 4.39. The molecule has 6 nitrogen and oxygen atoms in total. The van der Waals surface area contributed by atoms with Crippen molar-refractivity contribution in [3.8, 4) is 0 Å². The Balaban J connectivity index is 1.32. The number of nitrogens with zero attached hydrogens (tertiary/aromatic N) is 2. The van der Waals surface area contributed by atoms with Crippen LogP contribution >= 0.6 is 0 Å². The van der Waals surface area contributed by atoms with Crippen LogP contribution in [0.4, 0.5) is 16.2 Å². The highest BCUT2D eigenvalue weighted by molar-refractivity contribution is 5.97. The lowest BCUT2D eigenvalue weighted by Gasteiger charge is -2.36. The summed E-state index contributed by atoms with van der Waals surface area (Å²) in [5, 5.41) is 5.89. The molecule has 27 heavy (non-hydrogen) atoms. The number of carbonyl (C=O) groups is 2. The molecule has 1 heterocycles. The molecular weight excluding hydrogens is 340 g/mol. The minimum Gasteiger partial charge on any atom is -0.368 e. The van der Waals surface area contributed by atoms with Crippen molar-refractivity contribution in [1.82, 2.24) is 10.2 Å². The summed E-state index contributed by atoms with van der Waals surface area (Å²) in [7, 11) is 0. The zero-order valence-electron chi connectivity index (χ0n) is 15.2. The van der Waals surface area contributed by atoms with Crippen LogP contribution in [0.25, 0.3) is 0 Å². The zero-order valence-corrected chi connectivity index (χ0v) is 15.2. The molecular formula is C21H24N4O2. The van der Waals surface area contributed by atoms with Gasteiger partial charge in [-0.2, -0.15) is 0 Å². The van der Waals surface area contributed by atoms with Crippen LogP contribution in [0.15, 0.2) is 54.6 Å². The van der Waals surface area contributed by atoms with Gasteiger partial charge in [0.25, 0.3) is 5.91 Å². The first-order valence-corrected chi connectivity index (χ1v) is 9.46. The van der Waals surface area contributed by atoms with E-state index in [1.54, 1.807) is 18.2 Å². The molecule has 0 radical (unpaired) electrons. The van der Waals surface area contributed by atoms with Gasteiger partial charge in [-0.15, -0.1) is 0 Å². The van der Waals surface area contributed by atoms with Gasteiger partial charge in [0, 0.05) is 49.2 Å². The highest BCUT2D eigenvalue weighted by Crippen LogP contribution is 2.20. The number of benzene rings is 2.